The average Bonchev–Trinajstić information content (AvgIpc) is 2.74. The highest BCUT2D eigenvalue weighted by atomic mass is 16.5. The van der Waals surface area contributed by atoms with Crippen molar-refractivity contribution in [1.29, 1.82) is 0 Å². The van der Waals surface area contributed by atoms with E-state index in [1.54, 1.807) is 31.5 Å². The maximum atomic E-state index is 12.4. The number of benzene rings is 2. The summed E-state index contributed by atoms with van der Waals surface area (Å²) in [5.74, 6) is 0.820. The molecule has 0 radical (unpaired) electrons. The summed E-state index contributed by atoms with van der Waals surface area (Å²) in [6, 6.07) is 13.3. The molecule has 0 aromatic heterocycles. The number of carbonyl (C=O) groups is 1. The first-order valence-corrected chi connectivity index (χ1v) is 10.1. The largest absolute Gasteiger partial charge is 0.493 e. The monoisotopic (exact) mass is 395 g/mol. The predicted octanol–water partition coefficient (Wildman–Crippen LogP) is 4.24. The Morgan fingerprint density at radius 1 is 1.07 bits per heavy atom. The molecule has 0 aliphatic carbocycles. The second-order valence-electron chi connectivity index (χ2n) is 7.37. The summed E-state index contributed by atoms with van der Waals surface area (Å²) in [5.41, 5.74) is 5.19. The van der Waals surface area contributed by atoms with Gasteiger partial charge in [0, 0.05) is 24.3 Å². The number of rotatable bonds is 7. The van der Waals surface area contributed by atoms with E-state index in [1.165, 1.54) is 24.9 Å². The van der Waals surface area contributed by atoms with Gasteiger partial charge < -0.3 is 14.4 Å². The van der Waals surface area contributed by atoms with Crippen LogP contribution in [0.1, 0.15) is 49.0 Å². The minimum Gasteiger partial charge on any atom is -0.493 e. The molecular weight excluding hydrogens is 366 g/mol. The van der Waals surface area contributed by atoms with E-state index in [1.807, 2.05) is 26.0 Å². The first kappa shape index (κ1) is 20.7. The number of hydrogen-bond acceptors (Lipinski definition) is 5. The van der Waals surface area contributed by atoms with Crippen LogP contribution in [0.5, 0.6) is 11.5 Å². The fraction of sp³-hybridized carbons (Fsp3) is 0.391. The minimum absolute atomic E-state index is 0.0227. The maximum absolute atomic E-state index is 12.4. The number of hydrazone groups is 1. The van der Waals surface area contributed by atoms with E-state index in [-0.39, 0.29) is 12.0 Å². The Kier molecular flexibility index (Phi) is 7.11. The number of amides is 1. The van der Waals surface area contributed by atoms with Crippen molar-refractivity contribution in [3.63, 3.8) is 0 Å². The zero-order chi connectivity index (χ0) is 20.6. The molecule has 1 fully saturated rings. The van der Waals surface area contributed by atoms with Crippen molar-refractivity contribution in [3.05, 3.63) is 53.6 Å². The highest BCUT2D eigenvalue weighted by Crippen LogP contribution is 2.29. The molecule has 0 bridgehead atoms. The van der Waals surface area contributed by atoms with Crippen molar-refractivity contribution >= 4 is 17.8 Å². The van der Waals surface area contributed by atoms with E-state index >= 15 is 0 Å². The van der Waals surface area contributed by atoms with Gasteiger partial charge in [0.25, 0.3) is 5.91 Å². The van der Waals surface area contributed by atoms with Crippen molar-refractivity contribution in [3.8, 4) is 11.5 Å². The fourth-order valence-electron chi connectivity index (χ4n) is 3.31. The third-order valence-corrected chi connectivity index (χ3v) is 4.78. The van der Waals surface area contributed by atoms with Crippen molar-refractivity contribution in [2.24, 2.45) is 5.10 Å². The van der Waals surface area contributed by atoms with Gasteiger partial charge in [-0.05, 0) is 69.0 Å². The molecule has 1 saturated heterocycles. The van der Waals surface area contributed by atoms with Crippen LogP contribution in [-0.4, -0.2) is 38.4 Å². The molecule has 6 nitrogen and oxygen atoms in total. The summed E-state index contributed by atoms with van der Waals surface area (Å²) < 4.78 is 11.0. The number of hydrogen-bond donors (Lipinski definition) is 1. The van der Waals surface area contributed by atoms with E-state index in [2.05, 4.69) is 27.6 Å². The fourth-order valence-corrected chi connectivity index (χ4v) is 3.31. The van der Waals surface area contributed by atoms with Gasteiger partial charge in [-0.15, -0.1) is 0 Å². The zero-order valence-electron chi connectivity index (χ0n) is 17.4. The lowest BCUT2D eigenvalue weighted by Crippen LogP contribution is -2.29. The van der Waals surface area contributed by atoms with Gasteiger partial charge in [-0.25, -0.2) is 5.43 Å². The molecule has 0 unspecified atom stereocenters. The zero-order valence-corrected chi connectivity index (χ0v) is 17.4. The molecule has 29 heavy (non-hydrogen) atoms. The Morgan fingerprint density at radius 3 is 2.45 bits per heavy atom. The Morgan fingerprint density at radius 2 is 1.79 bits per heavy atom. The molecule has 6 heteroatoms. The third kappa shape index (κ3) is 5.73. The number of piperidine rings is 1. The highest BCUT2D eigenvalue weighted by molar-refractivity contribution is 5.95. The molecule has 0 saturated carbocycles. The van der Waals surface area contributed by atoms with Crippen LogP contribution in [0.15, 0.2) is 47.6 Å². The molecule has 154 valence electrons. The molecule has 1 N–H and O–H groups in total. The number of nitrogens with one attached hydrogen (secondary N) is 1. The lowest BCUT2D eigenvalue weighted by Gasteiger charge is -2.28. The van der Waals surface area contributed by atoms with E-state index in [0.717, 1.165) is 18.7 Å². The van der Waals surface area contributed by atoms with Crippen molar-refractivity contribution in [2.45, 2.75) is 39.2 Å². The molecule has 1 aliphatic heterocycles. The predicted molar refractivity (Wildman–Crippen MR) is 116 cm³/mol. The van der Waals surface area contributed by atoms with Gasteiger partial charge in [0.2, 0.25) is 0 Å². The summed E-state index contributed by atoms with van der Waals surface area (Å²) in [5, 5.41) is 4.08. The van der Waals surface area contributed by atoms with E-state index < -0.39 is 0 Å². The van der Waals surface area contributed by atoms with Gasteiger partial charge in [0.05, 0.1) is 19.4 Å². The van der Waals surface area contributed by atoms with Gasteiger partial charge >= 0.3 is 0 Å². The first-order valence-electron chi connectivity index (χ1n) is 10.1. The summed E-state index contributed by atoms with van der Waals surface area (Å²) in [7, 11) is 1.55. The van der Waals surface area contributed by atoms with Gasteiger partial charge in [0.1, 0.15) is 0 Å². The van der Waals surface area contributed by atoms with E-state index in [4.69, 9.17) is 9.47 Å². The topological polar surface area (TPSA) is 63.2 Å². The first-order chi connectivity index (χ1) is 14.1. The number of ether oxygens (including phenoxy) is 2. The number of methoxy groups -OCH3 is 1. The minimum atomic E-state index is -0.305. The lowest BCUT2D eigenvalue weighted by molar-refractivity contribution is 0.0954. The molecule has 0 atom stereocenters. The summed E-state index contributed by atoms with van der Waals surface area (Å²) >= 11 is 0. The van der Waals surface area contributed by atoms with Gasteiger partial charge in [0.15, 0.2) is 11.5 Å². The molecule has 1 aliphatic rings. The van der Waals surface area contributed by atoms with Gasteiger partial charge in [-0.3, -0.25) is 4.79 Å². The SMILES string of the molecule is COc1cc(C(=O)N/N=C/c2ccc(N3CCCCC3)cc2)ccc1OC(C)C. The van der Waals surface area contributed by atoms with Crippen LogP contribution in [0.2, 0.25) is 0 Å². The van der Waals surface area contributed by atoms with Gasteiger partial charge in [-0.1, -0.05) is 12.1 Å². The van der Waals surface area contributed by atoms with Crippen LogP contribution in [0.3, 0.4) is 0 Å². The normalized spacial score (nSPS) is 14.3. The van der Waals surface area contributed by atoms with Crippen LogP contribution in [0.25, 0.3) is 0 Å². The summed E-state index contributed by atoms with van der Waals surface area (Å²) in [6.45, 7) is 6.11. The molecule has 3 rings (SSSR count). The van der Waals surface area contributed by atoms with Crippen molar-refractivity contribution in [2.75, 3.05) is 25.1 Å². The second kappa shape index (κ2) is 9.96. The Balaban J connectivity index is 1.59. The molecule has 1 heterocycles. The maximum Gasteiger partial charge on any atom is 0.271 e. The standard InChI is InChI=1S/C23H29N3O3/c1-17(2)29-21-12-9-19(15-22(21)28-3)23(27)25-24-16-18-7-10-20(11-8-18)26-13-5-4-6-14-26/h7-12,15-17H,4-6,13-14H2,1-3H3,(H,25,27)/b24-16+. The summed E-state index contributed by atoms with van der Waals surface area (Å²) in [6.07, 6.45) is 5.50. The average molecular weight is 396 g/mol. The Hall–Kier alpha value is -3.02. The van der Waals surface area contributed by atoms with E-state index in [9.17, 15) is 4.79 Å². The summed E-state index contributed by atoms with van der Waals surface area (Å²) in [4.78, 5) is 14.8. The number of anilines is 1. The van der Waals surface area contributed by atoms with Gasteiger partial charge in [-0.2, -0.15) is 5.10 Å². The molecule has 2 aromatic carbocycles. The Labute approximate surface area is 172 Å². The molecule has 0 spiro atoms. The molecular formula is C23H29N3O3. The molecule has 1 amide bonds. The lowest BCUT2D eigenvalue weighted by atomic mass is 10.1. The van der Waals surface area contributed by atoms with Crippen LogP contribution >= 0.6 is 0 Å². The quantitative estimate of drug-likeness (QED) is 0.563. The van der Waals surface area contributed by atoms with Crippen LogP contribution in [0, 0.1) is 0 Å². The van der Waals surface area contributed by atoms with Crippen LogP contribution < -0.4 is 19.8 Å². The van der Waals surface area contributed by atoms with Crippen molar-refractivity contribution in [1.82, 2.24) is 5.43 Å². The highest BCUT2D eigenvalue weighted by Gasteiger charge is 2.12. The third-order valence-electron chi connectivity index (χ3n) is 4.78. The number of nitrogens with zero attached hydrogens (tertiary/aromatic N) is 2. The number of carbonyl (C=O) groups excluding carboxylic acids is 1. The Bertz CT molecular complexity index is 841. The molecule has 2 aromatic rings. The van der Waals surface area contributed by atoms with Crippen LogP contribution in [-0.2, 0) is 0 Å². The smallest absolute Gasteiger partial charge is 0.271 e. The van der Waals surface area contributed by atoms with Crippen LogP contribution in [0.4, 0.5) is 5.69 Å². The second-order valence-corrected chi connectivity index (χ2v) is 7.37. The van der Waals surface area contributed by atoms with E-state index in [0.29, 0.717) is 17.1 Å². The van der Waals surface area contributed by atoms with Crippen molar-refractivity contribution < 1.29 is 14.3 Å².